The number of hydrogen-bond acceptors (Lipinski definition) is 2. The molecule has 0 amide bonds. The number of aromatic nitrogens is 1. The van der Waals surface area contributed by atoms with E-state index < -0.39 is 5.97 Å². The third kappa shape index (κ3) is 2.39. The fraction of sp³-hybridized carbons (Fsp3) is 0.250. The van der Waals surface area contributed by atoms with E-state index in [1.54, 1.807) is 0 Å². The lowest BCUT2D eigenvalue weighted by Gasteiger charge is -2.06. The molecule has 1 unspecified atom stereocenters. The van der Waals surface area contributed by atoms with Crippen LogP contribution in [0.2, 0.25) is 0 Å². The number of aromatic amines is 1. The number of carbonyl (C=O) groups is 1. The van der Waals surface area contributed by atoms with E-state index in [0.29, 0.717) is 0 Å². The van der Waals surface area contributed by atoms with Gasteiger partial charge in [0, 0.05) is 16.5 Å². The number of H-pyrrole nitrogens is 1. The van der Waals surface area contributed by atoms with Crippen molar-refractivity contribution in [3.8, 4) is 0 Å². The van der Waals surface area contributed by atoms with Gasteiger partial charge in [-0.05, 0) is 24.4 Å². The molecular formula is C12H13NO2S. The minimum Gasteiger partial charge on any atom is -0.481 e. The van der Waals surface area contributed by atoms with E-state index in [2.05, 4.69) is 11.1 Å². The first-order valence-corrected chi connectivity index (χ1v) is 6.13. The maximum Gasteiger partial charge on any atom is 0.313 e. The molecule has 0 aliphatic rings. The summed E-state index contributed by atoms with van der Waals surface area (Å²) in [6.07, 6.45) is 0. The number of nitrogens with one attached hydrogen (secondary N) is 1. The van der Waals surface area contributed by atoms with Crippen molar-refractivity contribution in [2.75, 3.05) is 5.75 Å². The molecule has 0 fully saturated rings. The van der Waals surface area contributed by atoms with Gasteiger partial charge in [0.2, 0.25) is 0 Å². The zero-order valence-corrected chi connectivity index (χ0v) is 9.75. The average Bonchev–Trinajstić information content (AvgIpc) is 2.69. The topological polar surface area (TPSA) is 53.1 Å². The molecule has 4 heteroatoms. The Kier molecular flexibility index (Phi) is 3.19. The molecule has 1 aromatic heterocycles. The highest BCUT2D eigenvalue weighted by Gasteiger charge is 2.10. The van der Waals surface area contributed by atoms with Crippen molar-refractivity contribution in [1.82, 2.24) is 4.98 Å². The number of aliphatic carboxylic acids is 1. The van der Waals surface area contributed by atoms with Crippen molar-refractivity contribution in [1.29, 1.82) is 0 Å². The lowest BCUT2D eigenvalue weighted by molar-refractivity contribution is -0.133. The van der Waals surface area contributed by atoms with Crippen LogP contribution in [0.4, 0.5) is 0 Å². The zero-order chi connectivity index (χ0) is 11.5. The van der Waals surface area contributed by atoms with Crippen LogP contribution in [0.25, 0.3) is 10.9 Å². The van der Waals surface area contributed by atoms with Crippen LogP contribution in [0, 0.1) is 0 Å². The molecule has 2 rings (SSSR count). The van der Waals surface area contributed by atoms with Crippen LogP contribution in [-0.2, 0) is 4.79 Å². The van der Waals surface area contributed by atoms with Gasteiger partial charge in [0.05, 0.1) is 5.75 Å². The fourth-order valence-corrected chi connectivity index (χ4v) is 2.30. The molecule has 0 aliphatic heterocycles. The van der Waals surface area contributed by atoms with E-state index in [4.69, 9.17) is 5.11 Å². The molecule has 0 saturated carbocycles. The van der Waals surface area contributed by atoms with Crippen LogP contribution in [-0.4, -0.2) is 21.8 Å². The molecule has 1 aromatic carbocycles. The SMILES string of the molecule is CC(SCC(=O)O)c1cc2ccccc2[nH]1. The molecule has 2 aromatic rings. The molecule has 0 saturated heterocycles. The summed E-state index contributed by atoms with van der Waals surface area (Å²) in [6, 6.07) is 10.1. The number of thioether (sulfide) groups is 1. The second-order valence-corrected chi connectivity index (χ2v) is 4.99. The van der Waals surface area contributed by atoms with Crippen LogP contribution in [0.15, 0.2) is 30.3 Å². The van der Waals surface area contributed by atoms with Crippen molar-refractivity contribution in [3.05, 3.63) is 36.0 Å². The Morgan fingerprint density at radius 2 is 2.25 bits per heavy atom. The van der Waals surface area contributed by atoms with Gasteiger partial charge in [0.25, 0.3) is 0 Å². The van der Waals surface area contributed by atoms with E-state index in [-0.39, 0.29) is 11.0 Å². The van der Waals surface area contributed by atoms with Crippen molar-refractivity contribution in [3.63, 3.8) is 0 Å². The second-order valence-electron chi connectivity index (χ2n) is 3.66. The van der Waals surface area contributed by atoms with E-state index in [0.717, 1.165) is 11.2 Å². The summed E-state index contributed by atoms with van der Waals surface area (Å²) >= 11 is 1.42. The Bertz CT molecular complexity index is 473. The highest BCUT2D eigenvalue weighted by atomic mass is 32.2. The molecule has 84 valence electrons. The summed E-state index contributed by atoms with van der Waals surface area (Å²) in [6.45, 7) is 2.01. The van der Waals surface area contributed by atoms with Crippen molar-refractivity contribution in [2.24, 2.45) is 0 Å². The third-order valence-corrected chi connectivity index (χ3v) is 3.61. The predicted octanol–water partition coefficient (Wildman–Crippen LogP) is 3.05. The first-order valence-electron chi connectivity index (χ1n) is 5.08. The summed E-state index contributed by atoms with van der Waals surface area (Å²) in [5.74, 6) is -0.635. The van der Waals surface area contributed by atoms with Gasteiger partial charge in [0.15, 0.2) is 0 Å². The van der Waals surface area contributed by atoms with Crippen molar-refractivity contribution in [2.45, 2.75) is 12.2 Å². The van der Waals surface area contributed by atoms with E-state index in [1.165, 1.54) is 17.1 Å². The lowest BCUT2D eigenvalue weighted by Crippen LogP contribution is -2.00. The van der Waals surface area contributed by atoms with E-state index >= 15 is 0 Å². The summed E-state index contributed by atoms with van der Waals surface area (Å²) in [7, 11) is 0. The molecule has 1 atom stereocenters. The zero-order valence-electron chi connectivity index (χ0n) is 8.93. The molecule has 2 N–H and O–H groups in total. The van der Waals surface area contributed by atoms with E-state index in [9.17, 15) is 4.79 Å². The normalized spacial score (nSPS) is 12.8. The molecule has 0 aliphatic carbocycles. The number of rotatable bonds is 4. The number of fused-ring (bicyclic) bond motifs is 1. The van der Waals surface area contributed by atoms with Gasteiger partial charge in [-0.2, -0.15) is 0 Å². The predicted molar refractivity (Wildman–Crippen MR) is 66.8 cm³/mol. The van der Waals surface area contributed by atoms with Gasteiger partial charge in [-0.1, -0.05) is 18.2 Å². The van der Waals surface area contributed by atoms with Crippen LogP contribution in [0.3, 0.4) is 0 Å². The molecule has 16 heavy (non-hydrogen) atoms. The molecular weight excluding hydrogens is 222 g/mol. The number of hydrogen-bond donors (Lipinski definition) is 2. The molecule has 0 radical (unpaired) electrons. The Balaban J connectivity index is 2.16. The van der Waals surface area contributed by atoms with Crippen LogP contribution < -0.4 is 0 Å². The van der Waals surface area contributed by atoms with E-state index in [1.807, 2.05) is 31.2 Å². The number of carboxylic acid groups (broad SMARTS) is 1. The quantitative estimate of drug-likeness (QED) is 0.856. The Morgan fingerprint density at radius 3 is 2.94 bits per heavy atom. The Morgan fingerprint density at radius 1 is 1.50 bits per heavy atom. The van der Waals surface area contributed by atoms with Crippen LogP contribution in [0.1, 0.15) is 17.9 Å². The van der Waals surface area contributed by atoms with Gasteiger partial charge in [-0.25, -0.2) is 0 Å². The maximum atomic E-state index is 10.5. The second kappa shape index (κ2) is 4.61. The van der Waals surface area contributed by atoms with Crippen LogP contribution >= 0.6 is 11.8 Å². The van der Waals surface area contributed by atoms with Crippen molar-refractivity contribution >= 4 is 28.6 Å². The average molecular weight is 235 g/mol. The monoisotopic (exact) mass is 235 g/mol. The Hall–Kier alpha value is -1.42. The van der Waals surface area contributed by atoms with Gasteiger partial charge in [-0.15, -0.1) is 11.8 Å². The Labute approximate surface area is 97.9 Å². The van der Waals surface area contributed by atoms with Gasteiger partial charge >= 0.3 is 5.97 Å². The number of carboxylic acids is 1. The molecule has 3 nitrogen and oxygen atoms in total. The molecule has 1 heterocycles. The highest BCUT2D eigenvalue weighted by molar-refractivity contribution is 8.00. The van der Waals surface area contributed by atoms with Gasteiger partial charge in [-0.3, -0.25) is 4.79 Å². The number of para-hydroxylation sites is 1. The maximum absolute atomic E-state index is 10.5. The summed E-state index contributed by atoms with van der Waals surface area (Å²) in [4.78, 5) is 13.8. The van der Waals surface area contributed by atoms with Crippen molar-refractivity contribution < 1.29 is 9.90 Å². The highest BCUT2D eigenvalue weighted by Crippen LogP contribution is 2.29. The van der Waals surface area contributed by atoms with Crippen LogP contribution in [0.5, 0.6) is 0 Å². The minimum atomic E-state index is -0.770. The summed E-state index contributed by atoms with van der Waals surface area (Å²) < 4.78 is 0. The third-order valence-electron chi connectivity index (χ3n) is 2.45. The minimum absolute atomic E-state index is 0.135. The molecule has 0 spiro atoms. The first kappa shape index (κ1) is 11.1. The molecule has 0 bridgehead atoms. The summed E-state index contributed by atoms with van der Waals surface area (Å²) in [5, 5.41) is 9.95. The van der Waals surface area contributed by atoms with Gasteiger partial charge < -0.3 is 10.1 Å². The largest absolute Gasteiger partial charge is 0.481 e. The smallest absolute Gasteiger partial charge is 0.313 e. The van der Waals surface area contributed by atoms with Gasteiger partial charge in [0.1, 0.15) is 0 Å². The number of benzene rings is 1. The standard InChI is InChI=1S/C12H13NO2S/c1-8(16-7-12(14)15)11-6-9-4-2-3-5-10(9)13-11/h2-6,8,13H,7H2,1H3,(H,14,15). The fourth-order valence-electron chi connectivity index (χ4n) is 1.60. The first-order chi connectivity index (χ1) is 7.66. The summed E-state index contributed by atoms with van der Waals surface area (Å²) in [5.41, 5.74) is 2.17. The lowest BCUT2D eigenvalue weighted by atomic mass is 10.2.